The van der Waals surface area contributed by atoms with E-state index in [1.54, 1.807) is 12.1 Å². The van der Waals surface area contributed by atoms with Gasteiger partial charge in [0.25, 0.3) is 5.91 Å². The maximum atomic E-state index is 11.2. The molecular weight excluding hydrogens is 204 g/mol. The minimum absolute atomic E-state index is 0.0155. The maximum absolute atomic E-state index is 11.2. The number of rotatable bonds is 4. The fraction of sp³-hybridized carbons (Fsp3) is 0.417. The summed E-state index contributed by atoms with van der Waals surface area (Å²) in [7, 11) is 0. The third-order valence-corrected chi connectivity index (χ3v) is 2.52. The Morgan fingerprint density at radius 3 is 2.44 bits per heavy atom. The van der Waals surface area contributed by atoms with Gasteiger partial charge in [-0.3, -0.25) is 4.79 Å². The summed E-state index contributed by atoms with van der Waals surface area (Å²) in [4.78, 5) is 11.2. The lowest BCUT2D eigenvalue weighted by atomic mass is 10.1. The SMILES string of the molecule is CC(C)C(C)Oc1ccc(N)cc1C(N)=O. The summed E-state index contributed by atoms with van der Waals surface area (Å²) in [6.45, 7) is 6.05. The van der Waals surface area contributed by atoms with E-state index in [0.717, 1.165) is 0 Å². The van der Waals surface area contributed by atoms with Gasteiger partial charge < -0.3 is 16.2 Å². The molecule has 0 radical (unpaired) electrons. The largest absolute Gasteiger partial charge is 0.490 e. The van der Waals surface area contributed by atoms with Crippen molar-refractivity contribution in [3.63, 3.8) is 0 Å². The van der Waals surface area contributed by atoms with Crippen LogP contribution in [-0.4, -0.2) is 12.0 Å². The van der Waals surface area contributed by atoms with Gasteiger partial charge in [0.2, 0.25) is 0 Å². The number of amides is 1. The van der Waals surface area contributed by atoms with Crippen molar-refractivity contribution in [3.05, 3.63) is 23.8 Å². The predicted molar refractivity (Wildman–Crippen MR) is 64.3 cm³/mol. The molecule has 0 fully saturated rings. The zero-order valence-corrected chi connectivity index (χ0v) is 9.86. The van der Waals surface area contributed by atoms with E-state index in [1.807, 2.05) is 20.8 Å². The molecule has 4 nitrogen and oxygen atoms in total. The number of nitrogens with two attached hydrogens (primary N) is 2. The van der Waals surface area contributed by atoms with Crippen LogP contribution in [0.1, 0.15) is 31.1 Å². The minimum Gasteiger partial charge on any atom is -0.490 e. The van der Waals surface area contributed by atoms with Crippen molar-refractivity contribution in [1.29, 1.82) is 0 Å². The Morgan fingerprint density at radius 1 is 1.31 bits per heavy atom. The number of carbonyl (C=O) groups excluding carboxylic acids is 1. The van der Waals surface area contributed by atoms with Gasteiger partial charge in [0, 0.05) is 5.69 Å². The summed E-state index contributed by atoms with van der Waals surface area (Å²) in [5.41, 5.74) is 11.7. The second-order valence-electron chi connectivity index (χ2n) is 4.19. The normalized spacial score (nSPS) is 12.5. The molecule has 0 heterocycles. The molecule has 0 aliphatic carbocycles. The van der Waals surface area contributed by atoms with Gasteiger partial charge in [-0.15, -0.1) is 0 Å². The van der Waals surface area contributed by atoms with Crippen molar-refractivity contribution in [2.24, 2.45) is 11.7 Å². The molecule has 1 rings (SSSR count). The molecule has 0 aliphatic rings. The summed E-state index contributed by atoms with van der Waals surface area (Å²) in [6.07, 6.45) is 0.0155. The van der Waals surface area contributed by atoms with Crippen LogP contribution in [0.5, 0.6) is 5.75 Å². The van der Waals surface area contributed by atoms with Crippen LogP contribution in [0.25, 0.3) is 0 Å². The number of carbonyl (C=O) groups is 1. The van der Waals surface area contributed by atoms with Crippen LogP contribution in [0.4, 0.5) is 5.69 Å². The Bertz CT molecular complexity index is 389. The lowest BCUT2D eigenvalue weighted by molar-refractivity contribution is 0.0990. The molecule has 0 bridgehead atoms. The summed E-state index contributed by atoms with van der Waals surface area (Å²) in [5, 5.41) is 0. The molecule has 1 unspecified atom stereocenters. The number of benzene rings is 1. The van der Waals surface area contributed by atoms with Crippen LogP contribution in [0.15, 0.2) is 18.2 Å². The molecule has 1 atom stereocenters. The number of primary amides is 1. The maximum Gasteiger partial charge on any atom is 0.252 e. The highest BCUT2D eigenvalue weighted by atomic mass is 16.5. The third kappa shape index (κ3) is 2.89. The van der Waals surface area contributed by atoms with E-state index in [-0.39, 0.29) is 6.10 Å². The standard InChI is InChI=1S/C12H18N2O2/c1-7(2)8(3)16-11-5-4-9(13)6-10(11)12(14)15/h4-8H,13H2,1-3H3,(H2,14,15). The van der Waals surface area contributed by atoms with Crippen LogP contribution < -0.4 is 16.2 Å². The van der Waals surface area contributed by atoms with Gasteiger partial charge in [0.05, 0.1) is 11.7 Å². The first kappa shape index (κ1) is 12.4. The van der Waals surface area contributed by atoms with Gasteiger partial charge >= 0.3 is 0 Å². The Hall–Kier alpha value is -1.71. The summed E-state index contributed by atoms with van der Waals surface area (Å²) >= 11 is 0. The molecule has 1 aromatic carbocycles. The molecule has 0 saturated heterocycles. The first-order chi connectivity index (χ1) is 7.41. The number of ether oxygens (including phenoxy) is 1. The molecule has 1 aromatic rings. The second kappa shape index (κ2) is 4.88. The Labute approximate surface area is 95.6 Å². The van der Waals surface area contributed by atoms with E-state index in [0.29, 0.717) is 22.9 Å². The van der Waals surface area contributed by atoms with E-state index in [9.17, 15) is 4.79 Å². The van der Waals surface area contributed by atoms with Gasteiger partial charge in [-0.25, -0.2) is 0 Å². The summed E-state index contributed by atoms with van der Waals surface area (Å²) < 4.78 is 5.67. The van der Waals surface area contributed by atoms with E-state index in [4.69, 9.17) is 16.2 Å². The molecule has 16 heavy (non-hydrogen) atoms. The molecule has 88 valence electrons. The number of nitrogen functional groups attached to an aromatic ring is 1. The average molecular weight is 222 g/mol. The van der Waals surface area contributed by atoms with E-state index < -0.39 is 5.91 Å². The highest BCUT2D eigenvalue weighted by molar-refractivity contribution is 5.96. The van der Waals surface area contributed by atoms with E-state index in [1.165, 1.54) is 6.07 Å². The van der Waals surface area contributed by atoms with Crippen LogP contribution in [0.3, 0.4) is 0 Å². The zero-order chi connectivity index (χ0) is 12.3. The molecule has 0 aromatic heterocycles. The van der Waals surface area contributed by atoms with Crippen LogP contribution in [0, 0.1) is 5.92 Å². The monoisotopic (exact) mass is 222 g/mol. The molecule has 0 saturated carbocycles. The molecular formula is C12H18N2O2. The lowest BCUT2D eigenvalue weighted by Crippen LogP contribution is -2.21. The van der Waals surface area contributed by atoms with E-state index in [2.05, 4.69) is 0 Å². The smallest absolute Gasteiger partial charge is 0.252 e. The predicted octanol–water partition coefficient (Wildman–Crippen LogP) is 1.79. The van der Waals surface area contributed by atoms with Crippen molar-refractivity contribution in [3.8, 4) is 5.75 Å². The zero-order valence-electron chi connectivity index (χ0n) is 9.86. The Morgan fingerprint density at radius 2 is 1.94 bits per heavy atom. The fourth-order valence-electron chi connectivity index (χ4n) is 1.18. The van der Waals surface area contributed by atoms with Gasteiger partial charge in [0.15, 0.2) is 0 Å². The van der Waals surface area contributed by atoms with Crippen molar-refractivity contribution >= 4 is 11.6 Å². The first-order valence-corrected chi connectivity index (χ1v) is 5.27. The second-order valence-corrected chi connectivity index (χ2v) is 4.19. The van der Waals surface area contributed by atoms with Gasteiger partial charge in [-0.1, -0.05) is 13.8 Å². The number of hydrogen-bond acceptors (Lipinski definition) is 3. The number of anilines is 1. The Balaban J connectivity index is 2.99. The quantitative estimate of drug-likeness (QED) is 0.762. The minimum atomic E-state index is -0.529. The molecule has 0 spiro atoms. The van der Waals surface area contributed by atoms with E-state index >= 15 is 0 Å². The molecule has 4 heteroatoms. The molecule has 1 amide bonds. The van der Waals surface area contributed by atoms with Gasteiger partial charge in [-0.05, 0) is 31.0 Å². The van der Waals surface area contributed by atoms with Crippen LogP contribution >= 0.6 is 0 Å². The van der Waals surface area contributed by atoms with Crippen LogP contribution in [0.2, 0.25) is 0 Å². The topological polar surface area (TPSA) is 78.3 Å². The third-order valence-electron chi connectivity index (χ3n) is 2.52. The van der Waals surface area contributed by atoms with Crippen molar-refractivity contribution in [2.75, 3.05) is 5.73 Å². The Kier molecular flexibility index (Phi) is 3.77. The van der Waals surface area contributed by atoms with Crippen molar-refractivity contribution in [1.82, 2.24) is 0 Å². The van der Waals surface area contributed by atoms with Crippen molar-refractivity contribution < 1.29 is 9.53 Å². The summed E-state index contributed by atoms with van der Waals surface area (Å²) in [6, 6.07) is 4.90. The fourth-order valence-corrected chi connectivity index (χ4v) is 1.18. The van der Waals surface area contributed by atoms with Gasteiger partial charge in [0.1, 0.15) is 5.75 Å². The highest BCUT2D eigenvalue weighted by Gasteiger charge is 2.14. The highest BCUT2D eigenvalue weighted by Crippen LogP contribution is 2.23. The van der Waals surface area contributed by atoms with Crippen LogP contribution in [-0.2, 0) is 0 Å². The summed E-state index contributed by atoms with van der Waals surface area (Å²) in [5.74, 6) is 0.319. The number of hydrogen-bond donors (Lipinski definition) is 2. The molecule has 0 aliphatic heterocycles. The van der Waals surface area contributed by atoms with Crippen molar-refractivity contribution in [2.45, 2.75) is 26.9 Å². The molecule has 4 N–H and O–H groups in total. The lowest BCUT2D eigenvalue weighted by Gasteiger charge is -2.19. The van der Waals surface area contributed by atoms with Gasteiger partial charge in [-0.2, -0.15) is 0 Å². The average Bonchev–Trinajstić information content (AvgIpc) is 2.20. The first-order valence-electron chi connectivity index (χ1n) is 5.27.